The second-order valence-corrected chi connectivity index (χ2v) is 5.02. The lowest BCUT2D eigenvalue weighted by molar-refractivity contribution is -0.512. The highest BCUT2D eigenvalue weighted by atomic mass is 79.9. The number of hydrogen-bond acceptors (Lipinski definition) is 1. The summed E-state index contributed by atoms with van der Waals surface area (Å²) in [5.41, 5.74) is 3.52. The van der Waals surface area contributed by atoms with Crippen LogP contribution in [0.4, 0.5) is 0 Å². The Labute approximate surface area is 119 Å². The zero-order valence-corrected chi connectivity index (χ0v) is 12.2. The molecule has 0 saturated carbocycles. The Kier molecular flexibility index (Phi) is 3.56. The maximum atomic E-state index is 5.87. The third kappa shape index (κ3) is 2.25. The molecular formula is C12H10BrClN2S. The molecule has 88 valence electrons. The van der Waals surface area contributed by atoms with Gasteiger partial charge in [0, 0.05) is 16.0 Å². The van der Waals surface area contributed by atoms with Crippen molar-refractivity contribution >= 4 is 27.9 Å². The number of halogens is 2. The highest BCUT2D eigenvalue weighted by molar-refractivity contribution is 7.14. The van der Waals surface area contributed by atoms with Crippen LogP contribution in [0.25, 0.3) is 16.2 Å². The Morgan fingerprint density at radius 2 is 1.94 bits per heavy atom. The van der Waals surface area contributed by atoms with Crippen LogP contribution in [0.5, 0.6) is 0 Å². The summed E-state index contributed by atoms with van der Waals surface area (Å²) in [5.74, 6) is 0. The van der Waals surface area contributed by atoms with Crippen molar-refractivity contribution in [3.8, 4) is 11.3 Å². The van der Waals surface area contributed by atoms with Gasteiger partial charge in [-0.3, -0.25) is 0 Å². The van der Waals surface area contributed by atoms with E-state index in [1.807, 2.05) is 24.3 Å². The van der Waals surface area contributed by atoms with Crippen LogP contribution in [-0.4, -0.2) is 4.98 Å². The van der Waals surface area contributed by atoms with E-state index in [0.717, 1.165) is 21.2 Å². The number of aromatic amines is 1. The molecule has 0 radical (unpaired) electrons. The molecule has 0 fully saturated rings. The van der Waals surface area contributed by atoms with Gasteiger partial charge in [-0.05, 0) is 31.2 Å². The lowest BCUT2D eigenvalue weighted by Gasteiger charge is -1.92. The Bertz CT molecular complexity index is 642. The lowest BCUT2D eigenvalue weighted by atomic mass is 10.2. The first kappa shape index (κ1) is 12.6. The quantitative estimate of drug-likeness (QED) is 0.626. The van der Waals surface area contributed by atoms with Gasteiger partial charge in [-0.15, -0.1) is 0 Å². The average Bonchev–Trinajstić information content (AvgIpc) is 2.83. The molecule has 5 heteroatoms. The number of H-pyrrole nitrogens is 1. The molecule has 0 aliphatic carbocycles. The molecule has 0 aliphatic rings. The maximum absolute atomic E-state index is 5.87. The topological polar surface area (TPSA) is 19.9 Å². The molecular weight excluding hydrogens is 320 g/mol. The van der Waals surface area contributed by atoms with Gasteiger partial charge in [0.1, 0.15) is 11.9 Å². The van der Waals surface area contributed by atoms with Gasteiger partial charge in [-0.25, -0.2) is 4.98 Å². The van der Waals surface area contributed by atoms with Crippen LogP contribution in [0, 0.1) is 6.92 Å². The number of aryl methyl sites for hydroxylation is 1. The fourth-order valence-electron chi connectivity index (χ4n) is 1.72. The number of aromatic nitrogens is 2. The van der Waals surface area contributed by atoms with Crippen molar-refractivity contribution in [2.45, 2.75) is 6.92 Å². The van der Waals surface area contributed by atoms with Crippen LogP contribution in [0.2, 0.25) is 5.02 Å². The van der Waals surface area contributed by atoms with E-state index in [2.05, 4.69) is 27.9 Å². The van der Waals surface area contributed by atoms with E-state index in [-0.39, 0.29) is 17.0 Å². The Balaban J connectivity index is 0.00000108. The predicted molar refractivity (Wildman–Crippen MR) is 67.0 cm³/mol. The molecule has 1 N–H and O–H groups in total. The van der Waals surface area contributed by atoms with Crippen molar-refractivity contribution in [2.24, 2.45) is 0 Å². The second kappa shape index (κ2) is 4.80. The molecule has 0 bridgehead atoms. The third-order valence-electron chi connectivity index (χ3n) is 2.59. The zero-order chi connectivity index (χ0) is 11.1. The van der Waals surface area contributed by atoms with Gasteiger partial charge >= 0.3 is 4.96 Å². The molecule has 2 aromatic heterocycles. The summed E-state index contributed by atoms with van der Waals surface area (Å²) in [6.45, 7) is 2.10. The molecule has 0 aliphatic heterocycles. The van der Waals surface area contributed by atoms with Crippen LogP contribution in [-0.2, 0) is 0 Å². The first-order valence-corrected chi connectivity index (χ1v) is 6.24. The van der Waals surface area contributed by atoms with Gasteiger partial charge in [-0.2, -0.15) is 4.40 Å². The third-order valence-corrected chi connectivity index (χ3v) is 3.83. The molecule has 3 rings (SSSR count). The lowest BCUT2D eigenvalue weighted by Crippen LogP contribution is -3.00. The molecule has 0 atom stereocenters. The number of hydrogen-bond donors (Lipinski definition) is 1. The number of benzene rings is 1. The van der Waals surface area contributed by atoms with Gasteiger partial charge in [-0.1, -0.05) is 22.9 Å². The van der Waals surface area contributed by atoms with Crippen LogP contribution >= 0.6 is 22.9 Å². The van der Waals surface area contributed by atoms with E-state index >= 15 is 0 Å². The Hall–Kier alpha value is -0.840. The van der Waals surface area contributed by atoms with E-state index in [1.54, 1.807) is 11.3 Å². The van der Waals surface area contributed by atoms with Crippen molar-refractivity contribution in [2.75, 3.05) is 0 Å². The summed E-state index contributed by atoms with van der Waals surface area (Å²) >= 11 is 7.58. The average molecular weight is 330 g/mol. The number of rotatable bonds is 1. The number of nitrogens with zero attached hydrogens (tertiary/aromatic N) is 1. The zero-order valence-electron chi connectivity index (χ0n) is 9.08. The van der Waals surface area contributed by atoms with E-state index < -0.39 is 0 Å². The number of nitrogens with one attached hydrogen (secondary N) is 1. The SMILES string of the molecule is Cc1csc2[nH]c(-c3ccc(Cl)cc3)c[n+]12.[Br-]. The summed E-state index contributed by atoms with van der Waals surface area (Å²) < 4.78 is 2.16. The standard InChI is InChI=1S/C12H9ClN2S.BrH/c1-8-7-16-12-14-11(6-15(8)12)9-2-4-10(13)5-3-9;/h2-7H,1H3;1H. The normalized spacial score (nSPS) is 10.5. The van der Waals surface area contributed by atoms with E-state index in [1.165, 1.54) is 5.69 Å². The van der Waals surface area contributed by atoms with Gasteiger partial charge in [0.25, 0.3) is 0 Å². The summed E-state index contributed by atoms with van der Waals surface area (Å²) in [4.78, 5) is 4.55. The molecule has 0 unspecified atom stereocenters. The van der Waals surface area contributed by atoms with Crippen LogP contribution < -0.4 is 21.4 Å². The van der Waals surface area contributed by atoms with Crippen molar-refractivity contribution in [1.82, 2.24) is 4.98 Å². The Morgan fingerprint density at radius 1 is 1.24 bits per heavy atom. The predicted octanol–water partition coefficient (Wildman–Crippen LogP) is 0.448. The number of thiazole rings is 1. The summed E-state index contributed by atoms with van der Waals surface area (Å²) in [6.07, 6.45) is 2.12. The van der Waals surface area contributed by atoms with Crippen LogP contribution in [0.3, 0.4) is 0 Å². The van der Waals surface area contributed by atoms with Crippen LogP contribution in [0.15, 0.2) is 35.8 Å². The maximum Gasteiger partial charge on any atom is 0.344 e. The minimum Gasteiger partial charge on any atom is -1.00 e. The van der Waals surface area contributed by atoms with Crippen molar-refractivity contribution in [1.29, 1.82) is 0 Å². The number of fused-ring (bicyclic) bond motifs is 1. The summed E-state index contributed by atoms with van der Waals surface area (Å²) in [5, 5.41) is 2.90. The molecule has 0 saturated heterocycles. The highest BCUT2D eigenvalue weighted by Gasteiger charge is 2.13. The molecule has 2 heterocycles. The first-order valence-electron chi connectivity index (χ1n) is 4.98. The molecule has 2 nitrogen and oxygen atoms in total. The number of imidazole rings is 1. The van der Waals surface area contributed by atoms with Crippen LogP contribution in [0.1, 0.15) is 5.69 Å². The fraction of sp³-hybridized carbons (Fsp3) is 0.0833. The van der Waals surface area contributed by atoms with E-state index in [4.69, 9.17) is 11.6 Å². The van der Waals surface area contributed by atoms with Gasteiger partial charge in [0.2, 0.25) is 0 Å². The van der Waals surface area contributed by atoms with Crippen molar-refractivity contribution in [3.05, 3.63) is 46.6 Å². The minimum absolute atomic E-state index is 0. The fourth-order valence-corrected chi connectivity index (χ4v) is 2.72. The van der Waals surface area contributed by atoms with Gasteiger partial charge in [0.05, 0.1) is 0 Å². The van der Waals surface area contributed by atoms with Gasteiger partial charge in [0.15, 0.2) is 5.69 Å². The molecule has 0 spiro atoms. The highest BCUT2D eigenvalue weighted by Crippen LogP contribution is 2.21. The van der Waals surface area contributed by atoms with Crippen molar-refractivity contribution in [3.63, 3.8) is 0 Å². The van der Waals surface area contributed by atoms with Gasteiger partial charge < -0.3 is 17.0 Å². The summed E-state index contributed by atoms with van der Waals surface area (Å²) in [7, 11) is 0. The van der Waals surface area contributed by atoms with Crippen molar-refractivity contribution < 1.29 is 21.4 Å². The van der Waals surface area contributed by atoms with E-state index in [9.17, 15) is 0 Å². The molecule has 1 aromatic carbocycles. The van der Waals surface area contributed by atoms with E-state index in [0.29, 0.717) is 0 Å². The first-order chi connectivity index (χ1) is 7.74. The minimum atomic E-state index is 0. The second-order valence-electron chi connectivity index (χ2n) is 3.73. The largest absolute Gasteiger partial charge is 1.00 e. The monoisotopic (exact) mass is 328 g/mol. The molecule has 0 amide bonds. The molecule has 3 aromatic rings. The Morgan fingerprint density at radius 3 is 2.59 bits per heavy atom. The molecule has 17 heavy (non-hydrogen) atoms. The smallest absolute Gasteiger partial charge is 0.344 e. The summed E-state index contributed by atoms with van der Waals surface area (Å²) in [6, 6.07) is 7.86.